The summed E-state index contributed by atoms with van der Waals surface area (Å²) in [5, 5.41) is 239. The van der Waals surface area contributed by atoms with Crippen LogP contribution in [-0.4, -0.2) is 133 Å². The van der Waals surface area contributed by atoms with Gasteiger partial charge in [0, 0.05) is 89.0 Å². The van der Waals surface area contributed by atoms with E-state index >= 15 is 0 Å². The highest BCUT2D eigenvalue weighted by molar-refractivity contribution is 5.73. The van der Waals surface area contributed by atoms with Crippen LogP contribution in [0.15, 0.2) is 121 Å². The second-order valence-corrected chi connectivity index (χ2v) is 24.2. The molecule has 26 nitrogen and oxygen atoms in total. The van der Waals surface area contributed by atoms with Gasteiger partial charge in [-0.3, -0.25) is 0 Å². The van der Waals surface area contributed by atoms with Gasteiger partial charge in [-0.15, -0.1) is 0 Å². The van der Waals surface area contributed by atoms with E-state index in [2.05, 4.69) is 0 Å². The Morgan fingerprint density at radius 2 is 0.505 bits per heavy atom. The summed E-state index contributed by atoms with van der Waals surface area (Å²) >= 11 is 0. The molecule has 0 aliphatic carbocycles. The number of halogens is 1. The maximum absolute atomic E-state index is 12.6. The normalized spacial score (nSPS) is 10.7. The first kappa shape index (κ1) is 89.8. The number of hydrogen-bond donors (Lipinski definition) is 26. The average molecular weight is 1470 g/mol. The van der Waals surface area contributed by atoms with Crippen molar-refractivity contribution in [3.8, 4) is 68.2 Å². The molecule has 0 unspecified atom stereocenters. The lowest BCUT2D eigenvalue weighted by atomic mass is 9.85. The predicted octanol–water partition coefficient (Wildman–Crippen LogP) is 5.70. The number of benzene rings is 9. The molecule has 9 rings (SSSR count). The van der Waals surface area contributed by atoms with Crippen LogP contribution < -0.4 is 0 Å². The van der Waals surface area contributed by atoms with Crippen molar-refractivity contribution in [1.82, 2.24) is 0 Å². The topological polar surface area (TPSA) is 526 Å². The number of aliphatic hydroxyl groups excluding tert-OH is 18. The second-order valence-electron chi connectivity index (χ2n) is 24.2. The van der Waals surface area contributed by atoms with Crippen molar-refractivity contribution in [2.24, 2.45) is 0 Å². The van der Waals surface area contributed by atoms with E-state index in [1.54, 1.807) is 50.2 Å². The maximum Gasteiger partial charge on any atom is 0.128 e. The van der Waals surface area contributed by atoms with Crippen LogP contribution in [0.5, 0.6) is 46.0 Å². The third-order valence-electron chi connectivity index (χ3n) is 16.7. The fraction of sp³-hybridized carbons (Fsp3) is 0.308. The van der Waals surface area contributed by atoms with Gasteiger partial charge in [-0.1, -0.05) is 81.4 Å². The molecule has 0 aromatic heterocycles. The maximum atomic E-state index is 12.6. The van der Waals surface area contributed by atoms with Crippen LogP contribution in [0.25, 0.3) is 22.3 Å². The quantitative estimate of drug-likeness (QED) is 0.0407. The van der Waals surface area contributed by atoms with E-state index in [0.29, 0.717) is 83.5 Å². The molecule has 0 saturated carbocycles. The summed E-state index contributed by atoms with van der Waals surface area (Å²) in [6.07, 6.45) is 0. The Kier molecular flexibility index (Phi) is 38.0. The van der Waals surface area contributed by atoms with Crippen LogP contribution in [0.1, 0.15) is 138 Å². The largest absolute Gasteiger partial charge is 0.507 e. The first-order chi connectivity index (χ1) is 50.0. The zero-order valence-electron chi connectivity index (χ0n) is 58.8. The summed E-state index contributed by atoms with van der Waals surface area (Å²) in [6.45, 7) is 3.43. The SMILES string of the molecule is CC(C)(C)c1cc(CO)c(O)c(CO)c1.Cc1c(CO)c(C)c(CO)c(O)c1CO.OCc1c(O)c(CO)c(CO)c(O)c1CO.OCc1cc(-c2ccccc2)cc(CO)c1O.OCc1cc(CO)c(O)c(-c2ccccc2)c1.OCc1cc(CO)c(O)c(CO)c1.OCc1cc(F)cc(CO)c1O. The summed E-state index contributed by atoms with van der Waals surface area (Å²) in [5.74, 6) is -1.83. The van der Waals surface area contributed by atoms with Crippen molar-refractivity contribution in [1.29, 1.82) is 0 Å². The number of aromatic hydroxyl groups is 8. The van der Waals surface area contributed by atoms with Crippen molar-refractivity contribution < 1.29 is 137 Å². The molecule has 105 heavy (non-hydrogen) atoms. The molecule has 0 radical (unpaired) electrons. The van der Waals surface area contributed by atoms with E-state index in [9.17, 15) is 50.3 Å². The van der Waals surface area contributed by atoms with Crippen LogP contribution in [0.3, 0.4) is 0 Å². The monoisotopic (exact) mass is 1470 g/mol. The molecule has 0 aliphatic heterocycles. The molecule has 26 N–H and O–H groups in total. The van der Waals surface area contributed by atoms with Crippen molar-refractivity contribution in [3.63, 3.8) is 0 Å². The lowest BCUT2D eigenvalue weighted by Crippen LogP contribution is -2.12. The van der Waals surface area contributed by atoms with Gasteiger partial charge < -0.3 is 133 Å². The average Bonchev–Trinajstić information content (AvgIpc) is 0.906. The van der Waals surface area contributed by atoms with Gasteiger partial charge in [0.15, 0.2) is 0 Å². The zero-order valence-corrected chi connectivity index (χ0v) is 58.8. The molecule has 27 heteroatoms. The number of aliphatic hydroxyl groups is 18. The highest BCUT2D eigenvalue weighted by atomic mass is 19.1. The van der Waals surface area contributed by atoms with Crippen LogP contribution in [0.2, 0.25) is 0 Å². The molecule has 0 amide bonds. The highest BCUT2D eigenvalue weighted by Crippen LogP contribution is 2.40. The fourth-order valence-corrected chi connectivity index (χ4v) is 10.6. The Hall–Kier alpha value is -9.41. The summed E-state index contributed by atoms with van der Waals surface area (Å²) in [7, 11) is 0. The molecule has 0 fully saturated rings. The summed E-state index contributed by atoms with van der Waals surface area (Å²) in [4.78, 5) is 0. The minimum Gasteiger partial charge on any atom is -0.507 e. The summed E-state index contributed by atoms with van der Waals surface area (Å²) < 4.78 is 12.6. The lowest BCUT2D eigenvalue weighted by molar-refractivity contribution is 0.233. The van der Waals surface area contributed by atoms with Crippen molar-refractivity contribution in [2.75, 3.05) is 0 Å². The van der Waals surface area contributed by atoms with Gasteiger partial charge in [-0.25, -0.2) is 4.39 Å². The van der Waals surface area contributed by atoms with Crippen molar-refractivity contribution in [2.45, 2.75) is 159 Å². The molecule has 0 aliphatic rings. The Balaban J connectivity index is 0.000000319. The summed E-state index contributed by atoms with van der Waals surface area (Å²) in [6, 6.07) is 34.4. The lowest BCUT2D eigenvalue weighted by Gasteiger charge is -2.21. The van der Waals surface area contributed by atoms with Crippen molar-refractivity contribution >= 4 is 0 Å². The van der Waals surface area contributed by atoms with Gasteiger partial charge in [0.25, 0.3) is 0 Å². The fourth-order valence-electron chi connectivity index (χ4n) is 10.6. The van der Waals surface area contributed by atoms with Crippen LogP contribution in [-0.2, 0) is 124 Å². The molecular formula is C78H97FO26. The van der Waals surface area contributed by atoms with Gasteiger partial charge in [-0.05, 0) is 130 Å². The van der Waals surface area contributed by atoms with E-state index in [1.807, 2.05) is 81.4 Å². The molecule has 572 valence electrons. The highest BCUT2D eigenvalue weighted by Gasteiger charge is 2.23. The molecule has 0 atom stereocenters. The zero-order chi connectivity index (χ0) is 79.0. The van der Waals surface area contributed by atoms with E-state index in [-0.39, 0.29) is 153 Å². The van der Waals surface area contributed by atoms with Gasteiger partial charge in [0.1, 0.15) is 51.8 Å². The van der Waals surface area contributed by atoms with Crippen molar-refractivity contribution in [3.05, 3.63) is 244 Å². The van der Waals surface area contributed by atoms with Gasteiger partial charge in [0.2, 0.25) is 0 Å². The Labute approximate surface area is 605 Å². The number of rotatable bonds is 20. The Bertz CT molecular complexity index is 3950. The van der Waals surface area contributed by atoms with Crippen LogP contribution in [0, 0.1) is 19.7 Å². The first-order valence-electron chi connectivity index (χ1n) is 32.4. The van der Waals surface area contributed by atoms with E-state index < -0.39 is 57.0 Å². The Morgan fingerprint density at radius 1 is 0.248 bits per heavy atom. The summed E-state index contributed by atoms with van der Waals surface area (Å²) in [5.41, 5.74) is 11.0. The van der Waals surface area contributed by atoms with Gasteiger partial charge in [0.05, 0.1) is 119 Å². The predicted molar refractivity (Wildman–Crippen MR) is 384 cm³/mol. The minimum atomic E-state index is -0.589. The molecule has 0 bridgehead atoms. The van der Waals surface area contributed by atoms with E-state index in [4.69, 9.17) is 86.8 Å². The van der Waals surface area contributed by atoms with Gasteiger partial charge in [-0.2, -0.15) is 0 Å². The second kappa shape index (κ2) is 44.4. The molecule has 0 saturated heterocycles. The smallest absolute Gasteiger partial charge is 0.128 e. The molecule has 9 aromatic carbocycles. The minimum absolute atomic E-state index is 0.00648. The number of hydrogen-bond acceptors (Lipinski definition) is 26. The van der Waals surface area contributed by atoms with E-state index in [1.165, 1.54) is 12.1 Å². The van der Waals surface area contributed by atoms with Crippen LogP contribution >= 0.6 is 0 Å². The number of phenols is 8. The first-order valence-corrected chi connectivity index (χ1v) is 32.4. The molecule has 0 heterocycles. The van der Waals surface area contributed by atoms with E-state index in [0.717, 1.165) is 34.4 Å². The molecular weight excluding hydrogens is 1370 g/mol. The third kappa shape index (κ3) is 23.8. The molecule has 9 aromatic rings. The standard InChI is InChI=1S/2C14H14O3.C12H18O3.C11H16O4.C10H14O6.C9H12O4.C8H9FO3/c15-8-10-6-12(9-16)14(17)13(7-10)11-4-2-1-3-5-11;15-8-12-6-11(7-13(9-16)14(12)17)10-4-2-1-3-5-10;1-12(2,3)10-4-8(6-13)11(15)9(5-10)7-14;1-6-8(3-12)7(2)10(5-14)11(15)9(6)4-13;11-1-5-6(2-12)10(16)8(4-14)7(3-13)9(5)15;10-3-6-1-7(4-11)9(13)8(2-6)5-12;9-7-1-5(3-10)8(12)6(2-7)4-11/h2*1-7,15-17H,8-9H2;4-5,13-15H,6-7H2,1-3H3;12-15H,3-5H2,1-2H3;11-16H,1-4H2;1-2,10-13H,3-5H2;1-2,10-12H,3-4H2. The molecule has 0 spiro atoms. The third-order valence-corrected chi connectivity index (χ3v) is 16.7. The Morgan fingerprint density at radius 3 is 0.790 bits per heavy atom. The van der Waals surface area contributed by atoms with Gasteiger partial charge >= 0.3 is 0 Å². The van der Waals surface area contributed by atoms with Crippen LogP contribution in [0.4, 0.5) is 4.39 Å².